The van der Waals surface area contributed by atoms with Crippen molar-refractivity contribution in [2.45, 2.75) is 19.8 Å². The van der Waals surface area contributed by atoms with Gasteiger partial charge in [0, 0.05) is 0 Å². The summed E-state index contributed by atoms with van der Waals surface area (Å²) in [6.07, 6.45) is 1.88. The van der Waals surface area contributed by atoms with Gasteiger partial charge in [-0.2, -0.15) is 0 Å². The molecular weight excluding hydrogens is 186 g/mol. The van der Waals surface area contributed by atoms with Crippen molar-refractivity contribution < 1.29 is 9.47 Å². The van der Waals surface area contributed by atoms with E-state index in [0.29, 0.717) is 6.61 Å². The van der Waals surface area contributed by atoms with Crippen molar-refractivity contribution in [3.05, 3.63) is 5.21 Å². The molecule has 0 aliphatic carbocycles. The number of rotatable bonds is 4. The van der Waals surface area contributed by atoms with Crippen LogP contribution < -0.4 is 20.9 Å². The Morgan fingerprint density at radius 3 is 2.43 bits per heavy atom. The van der Waals surface area contributed by atoms with Crippen molar-refractivity contribution >= 4 is 11.9 Å². The Morgan fingerprint density at radius 2 is 1.93 bits per heavy atom. The summed E-state index contributed by atoms with van der Waals surface area (Å²) >= 11 is 0. The third-order valence-electron chi connectivity index (χ3n) is 1.57. The highest BCUT2D eigenvalue weighted by atomic mass is 16.5. The van der Waals surface area contributed by atoms with Gasteiger partial charge in [-0.05, 0) is 6.42 Å². The van der Waals surface area contributed by atoms with Crippen molar-refractivity contribution in [2.24, 2.45) is 0 Å². The predicted molar refractivity (Wildman–Crippen MR) is 50.2 cm³/mol. The number of nitrogens with zero attached hydrogens (tertiary/aromatic N) is 3. The summed E-state index contributed by atoms with van der Waals surface area (Å²) in [5.41, 5.74) is 10.5. The van der Waals surface area contributed by atoms with Gasteiger partial charge in [0.2, 0.25) is 0 Å². The smallest absolute Gasteiger partial charge is 0.416 e. The largest absolute Gasteiger partial charge is 0.762 e. The first kappa shape index (κ1) is 10.3. The predicted octanol–water partition coefficient (Wildman–Crippen LogP) is -0.547. The van der Waals surface area contributed by atoms with Crippen LogP contribution in [0.1, 0.15) is 19.8 Å². The van der Waals surface area contributed by atoms with Crippen molar-refractivity contribution in [2.75, 3.05) is 18.1 Å². The third-order valence-corrected chi connectivity index (χ3v) is 1.57. The topological polar surface area (TPSA) is 114 Å². The van der Waals surface area contributed by atoms with Crippen LogP contribution >= 0.6 is 0 Å². The molecule has 0 amide bonds. The summed E-state index contributed by atoms with van der Waals surface area (Å²) < 4.78 is 5.37. The van der Waals surface area contributed by atoms with E-state index >= 15 is 0 Å². The van der Waals surface area contributed by atoms with Crippen molar-refractivity contribution in [1.29, 1.82) is 0 Å². The van der Waals surface area contributed by atoms with Gasteiger partial charge in [-0.15, -0.1) is 0 Å². The molecule has 7 nitrogen and oxygen atoms in total. The van der Waals surface area contributed by atoms with Gasteiger partial charge in [-0.25, -0.2) is 4.73 Å². The molecule has 0 aliphatic heterocycles. The molecule has 0 unspecified atom stereocenters. The van der Waals surface area contributed by atoms with Crippen LogP contribution in [0, 0.1) is 5.21 Å². The molecule has 7 heteroatoms. The summed E-state index contributed by atoms with van der Waals surface area (Å²) in [4.78, 5) is 7.24. The van der Waals surface area contributed by atoms with Gasteiger partial charge in [0.1, 0.15) is 0 Å². The molecule has 4 N–H and O–H groups in total. The highest BCUT2D eigenvalue weighted by Gasteiger charge is 2.10. The lowest BCUT2D eigenvalue weighted by Gasteiger charge is -2.08. The zero-order chi connectivity index (χ0) is 10.6. The van der Waals surface area contributed by atoms with Gasteiger partial charge in [-0.3, -0.25) is 0 Å². The zero-order valence-electron chi connectivity index (χ0n) is 7.93. The van der Waals surface area contributed by atoms with Gasteiger partial charge in [0.25, 0.3) is 0 Å². The second-order valence-corrected chi connectivity index (χ2v) is 2.72. The van der Waals surface area contributed by atoms with E-state index in [9.17, 15) is 5.21 Å². The Hall–Kier alpha value is -1.79. The molecule has 0 radical (unpaired) electrons. The molecule has 1 rings (SSSR count). The Kier molecular flexibility index (Phi) is 3.27. The van der Waals surface area contributed by atoms with E-state index in [1.54, 1.807) is 0 Å². The molecule has 0 saturated carbocycles. The van der Waals surface area contributed by atoms with Gasteiger partial charge >= 0.3 is 17.9 Å². The third kappa shape index (κ3) is 2.35. The lowest BCUT2D eigenvalue weighted by atomic mass is 10.4. The zero-order valence-corrected chi connectivity index (χ0v) is 7.93. The van der Waals surface area contributed by atoms with E-state index in [0.717, 1.165) is 12.8 Å². The molecule has 1 heterocycles. The minimum Gasteiger partial charge on any atom is -0.762 e. The van der Waals surface area contributed by atoms with Crippen LogP contribution in [0.5, 0.6) is 6.01 Å². The normalized spacial score (nSPS) is 10.1. The van der Waals surface area contributed by atoms with Crippen molar-refractivity contribution in [3.8, 4) is 6.01 Å². The molecule has 0 bridgehead atoms. The maximum Gasteiger partial charge on any atom is 0.416 e. The van der Waals surface area contributed by atoms with Crippen LogP contribution in [0.15, 0.2) is 0 Å². The molecule has 1 aromatic heterocycles. The summed E-state index contributed by atoms with van der Waals surface area (Å²) in [7, 11) is 0. The molecule has 0 fully saturated rings. The van der Waals surface area contributed by atoms with E-state index < -0.39 is 0 Å². The molecule has 0 spiro atoms. The maximum absolute atomic E-state index is 10.9. The Bertz CT molecular complexity index is 294. The number of nitrogens with two attached hydrogens (primary N) is 2. The first-order valence-electron chi connectivity index (χ1n) is 4.30. The lowest BCUT2D eigenvalue weighted by Crippen LogP contribution is -2.36. The Balaban J connectivity index is 2.69. The van der Waals surface area contributed by atoms with E-state index in [1.807, 2.05) is 6.92 Å². The standard InChI is InChI=1S/C7H13N5O2/c1-2-3-4-14-7-10-5(8)12(13)6(9)11-7/h2-4H2,1H3,(H4,8,9,10,11). The number of hydrogen-bond donors (Lipinski definition) is 2. The first-order valence-corrected chi connectivity index (χ1v) is 4.30. The van der Waals surface area contributed by atoms with Crippen LogP contribution in [0.4, 0.5) is 11.9 Å². The Labute approximate surface area is 81.3 Å². The fourth-order valence-corrected chi connectivity index (χ4v) is 0.802. The van der Waals surface area contributed by atoms with Crippen LogP contribution in [0.2, 0.25) is 0 Å². The van der Waals surface area contributed by atoms with E-state index in [-0.39, 0.29) is 22.6 Å². The van der Waals surface area contributed by atoms with Crippen LogP contribution in [0.3, 0.4) is 0 Å². The summed E-state index contributed by atoms with van der Waals surface area (Å²) in [6, 6.07) is 0.0422. The molecule has 14 heavy (non-hydrogen) atoms. The second kappa shape index (κ2) is 4.45. The second-order valence-electron chi connectivity index (χ2n) is 2.72. The first-order chi connectivity index (χ1) is 6.65. The fourth-order valence-electron chi connectivity index (χ4n) is 0.802. The highest BCUT2D eigenvalue weighted by molar-refractivity contribution is 5.18. The van der Waals surface area contributed by atoms with Gasteiger partial charge in [0.15, 0.2) is 0 Å². The number of ether oxygens (including phenoxy) is 1. The average molecular weight is 199 g/mol. The van der Waals surface area contributed by atoms with Crippen molar-refractivity contribution in [1.82, 2.24) is 9.97 Å². The number of nitrogen functional groups attached to an aromatic ring is 2. The highest BCUT2D eigenvalue weighted by Crippen LogP contribution is 2.04. The molecule has 78 valence electrons. The maximum atomic E-state index is 10.9. The quantitative estimate of drug-likeness (QED) is 0.382. The molecule has 0 saturated heterocycles. The van der Waals surface area contributed by atoms with Gasteiger partial charge in [0.05, 0.1) is 6.61 Å². The number of anilines is 2. The molecule has 0 atom stereocenters. The summed E-state index contributed by atoms with van der Waals surface area (Å²) in [5.74, 6) is -0.520. The average Bonchev–Trinajstić information content (AvgIpc) is 2.14. The van der Waals surface area contributed by atoms with Gasteiger partial charge in [-0.1, -0.05) is 23.3 Å². The fraction of sp³-hybridized carbons (Fsp3) is 0.571. The number of hydrogen-bond acceptors (Lipinski definition) is 6. The van der Waals surface area contributed by atoms with E-state index in [4.69, 9.17) is 16.2 Å². The Morgan fingerprint density at radius 1 is 1.36 bits per heavy atom. The minimum absolute atomic E-state index is 0.0422. The number of unbranched alkanes of at least 4 members (excludes halogenated alkanes) is 1. The SMILES string of the molecule is CCCCOc1nc(N)[n+]([O-])c(N)n1. The molecule has 0 aliphatic rings. The van der Waals surface area contributed by atoms with Crippen LogP contribution in [-0.4, -0.2) is 16.6 Å². The van der Waals surface area contributed by atoms with Crippen LogP contribution in [0.25, 0.3) is 0 Å². The van der Waals surface area contributed by atoms with E-state index in [2.05, 4.69) is 9.97 Å². The minimum atomic E-state index is -0.260. The summed E-state index contributed by atoms with van der Waals surface area (Å²) in [5, 5.41) is 10.9. The van der Waals surface area contributed by atoms with Crippen LogP contribution in [-0.2, 0) is 0 Å². The van der Waals surface area contributed by atoms with Gasteiger partial charge < -0.3 is 21.4 Å². The number of aromatic nitrogens is 3. The molecule has 1 aromatic rings. The molecular formula is C7H13N5O2. The molecule has 0 aromatic carbocycles. The summed E-state index contributed by atoms with van der Waals surface area (Å²) in [6.45, 7) is 2.52. The lowest BCUT2D eigenvalue weighted by molar-refractivity contribution is -0.580. The van der Waals surface area contributed by atoms with E-state index in [1.165, 1.54) is 0 Å². The van der Waals surface area contributed by atoms with Crippen molar-refractivity contribution in [3.63, 3.8) is 0 Å². The monoisotopic (exact) mass is 199 g/mol.